The van der Waals surface area contributed by atoms with Gasteiger partial charge in [0.25, 0.3) is 5.35 Å². The SMILES string of the molecule is COC(=O)CCc1oc(Cl)nc1-c1ccc(F)cc1. The Morgan fingerprint density at radius 1 is 1.42 bits per heavy atom. The van der Waals surface area contributed by atoms with Gasteiger partial charge in [-0.15, -0.1) is 0 Å². The highest BCUT2D eigenvalue weighted by atomic mass is 35.5. The first-order valence-corrected chi connectivity index (χ1v) is 5.96. The number of methoxy groups -OCH3 is 1. The van der Waals surface area contributed by atoms with Crippen molar-refractivity contribution in [1.29, 1.82) is 0 Å². The van der Waals surface area contributed by atoms with E-state index in [2.05, 4.69) is 9.72 Å². The molecule has 0 radical (unpaired) electrons. The fraction of sp³-hybridized carbons (Fsp3) is 0.231. The first-order chi connectivity index (χ1) is 9.10. The van der Waals surface area contributed by atoms with Gasteiger partial charge in [0.1, 0.15) is 17.3 Å². The predicted octanol–water partition coefficient (Wildman–Crippen LogP) is 3.24. The Labute approximate surface area is 114 Å². The fourth-order valence-corrected chi connectivity index (χ4v) is 1.82. The Balaban J connectivity index is 2.25. The number of aromatic nitrogens is 1. The van der Waals surface area contributed by atoms with Crippen molar-refractivity contribution in [3.05, 3.63) is 41.2 Å². The number of hydrogen-bond acceptors (Lipinski definition) is 4. The zero-order valence-electron chi connectivity index (χ0n) is 10.2. The lowest BCUT2D eigenvalue weighted by atomic mass is 10.1. The molecule has 1 aromatic heterocycles. The highest BCUT2D eigenvalue weighted by molar-refractivity contribution is 6.27. The third kappa shape index (κ3) is 3.32. The molecular formula is C13H11ClFNO3. The van der Waals surface area contributed by atoms with Crippen LogP contribution in [0.5, 0.6) is 0 Å². The second-order valence-electron chi connectivity index (χ2n) is 3.82. The molecule has 0 saturated carbocycles. The molecule has 0 amide bonds. The number of halogens is 2. The third-order valence-corrected chi connectivity index (χ3v) is 2.73. The van der Waals surface area contributed by atoms with Crippen LogP contribution >= 0.6 is 11.6 Å². The molecule has 1 aromatic carbocycles. The van der Waals surface area contributed by atoms with Crippen molar-refractivity contribution < 1.29 is 18.3 Å². The molecule has 2 rings (SSSR count). The van der Waals surface area contributed by atoms with Gasteiger partial charge in [-0.25, -0.2) is 4.39 Å². The molecule has 19 heavy (non-hydrogen) atoms. The summed E-state index contributed by atoms with van der Waals surface area (Å²) in [6.07, 6.45) is 0.481. The molecule has 6 heteroatoms. The van der Waals surface area contributed by atoms with Crippen LogP contribution in [0.25, 0.3) is 11.3 Å². The maximum atomic E-state index is 12.9. The topological polar surface area (TPSA) is 52.3 Å². The summed E-state index contributed by atoms with van der Waals surface area (Å²) in [5, 5.41) is -0.0146. The van der Waals surface area contributed by atoms with Gasteiger partial charge in [-0.3, -0.25) is 4.79 Å². The number of ether oxygens (including phenoxy) is 1. The highest BCUT2D eigenvalue weighted by Crippen LogP contribution is 2.27. The zero-order chi connectivity index (χ0) is 13.8. The van der Waals surface area contributed by atoms with Crippen molar-refractivity contribution in [3.8, 4) is 11.3 Å². The second kappa shape index (κ2) is 5.84. The van der Waals surface area contributed by atoms with Crippen LogP contribution in [0.4, 0.5) is 4.39 Å². The molecule has 0 bridgehead atoms. The van der Waals surface area contributed by atoms with Crippen LogP contribution in [0.1, 0.15) is 12.2 Å². The summed E-state index contributed by atoms with van der Waals surface area (Å²) in [5.74, 6) is -0.214. The van der Waals surface area contributed by atoms with E-state index in [1.165, 1.54) is 19.2 Å². The van der Waals surface area contributed by atoms with Crippen LogP contribution in [-0.4, -0.2) is 18.1 Å². The summed E-state index contributed by atoms with van der Waals surface area (Å²) in [6.45, 7) is 0. The average molecular weight is 284 g/mol. The Hall–Kier alpha value is -1.88. The number of benzene rings is 1. The van der Waals surface area contributed by atoms with Gasteiger partial charge in [-0.1, -0.05) is 0 Å². The molecule has 0 aliphatic rings. The number of carbonyl (C=O) groups is 1. The number of carbonyl (C=O) groups excluding carboxylic acids is 1. The zero-order valence-corrected chi connectivity index (χ0v) is 10.9. The fourth-order valence-electron chi connectivity index (χ4n) is 1.64. The van der Waals surface area contributed by atoms with Crippen molar-refractivity contribution in [1.82, 2.24) is 4.98 Å². The van der Waals surface area contributed by atoms with Gasteiger partial charge in [0.15, 0.2) is 0 Å². The standard InChI is InChI=1S/C13H11ClFNO3/c1-18-11(17)7-6-10-12(16-13(14)19-10)8-2-4-9(15)5-3-8/h2-5H,6-7H2,1H3. The van der Waals surface area contributed by atoms with Crippen molar-refractivity contribution in [3.63, 3.8) is 0 Å². The second-order valence-corrected chi connectivity index (χ2v) is 4.14. The smallest absolute Gasteiger partial charge is 0.305 e. The Bertz CT molecular complexity index is 580. The van der Waals surface area contributed by atoms with E-state index in [4.69, 9.17) is 16.0 Å². The normalized spacial score (nSPS) is 10.5. The van der Waals surface area contributed by atoms with Crippen LogP contribution in [0.3, 0.4) is 0 Å². The first-order valence-electron chi connectivity index (χ1n) is 5.58. The molecule has 4 nitrogen and oxygen atoms in total. The highest BCUT2D eigenvalue weighted by Gasteiger charge is 2.15. The van der Waals surface area contributed by atoms with Crippen LogP contribution < -0.4 is 0 Å². The van der Waals surface area contributed by atoms with E-state index in [-0.39, 0.29) is 23.6 Å². The van der Waals surface area contributed by atoms with Gasteiger partial charge < -0.3 is 9.15 Å². The monoisotopic (exact) mass is 283 g/mol. The molecule has 1 heterocycles. The lowest BCUT2D eigenvalue weighted by molar-refractivity contribution is -0.140. The molecule has 0 spiro atoms. The van der Waals surface area contributed by atoms with Crippen molar-refractivity contribution in [2.24, 2.45) is 0 Å². The summed E-state index contributed by atoms with van der Waals surface area (Å²) < 4.78 is 22.7. The van der Waals surface area contributed by atoms with Crippen LogP contribution in [-0.2, 0) is 16.0 Å². The molecule has 0 atom stereocenters. The van der Waals surface area contributed by atoms with Gasteiger partial charge >= 0.3 is 5.97 Å². The molecule has 0 aliphatic heterocycles. The number of esters is 1. The maximum absolute atomic E-state index is 12.9. The van der Waals surface area contributed by atoms with Crippen LogP contribution in [0.15, 0.2) is 28.7 Å². The molecule has 2 aromatic rings. The van der Waals surface area contributed by atoms with Gasteiger partial charge in [-0.05, 0) is 35.9 Å². The van der Waals surface area contributed by atoms with Gasteiger partial charge in [0, 0.05) is 12.0 Å². The van der Waals surface area contributed by atoms with E-state index in [0.29, 0.717) is 23.4 Å². The molecule has 0 aliphatic carbocycles. The van der Waals surface area contributed by atoms with E-state index in [1.807, 2.05) is 0 Å². The van der Waals surface area contributed by atoms with Crippen molar-refractivity contribution in [2.75, 3.05) is 7.11 Å². The number of oxazole rings is 1. The van der Waals surface area contributed by atoms with Crippen molar-refractivity contribution in [2.45, 2.75) is 12.8 Å². The number of nitrogens with zero attached hydrogens (tertiary/aromatic N) is 1. The molecule has 0 saturated heterocycles. The minimum Gasteiger partial charge on any atom is -0.469 e. The summed E-state index contributed by atoms with van der Waals surface area (Å²) >= 11 is 5.73. The molecule has 0 fully saturated rings. The largest absolute Gasteiger partial charge is 0.469 e. The summed E-state index contributed by atoms with van der Waals surface area (Å²) in [6, 6.07) is 5.79. The van der Waals surface area contributed by atoms with E-state index < -0.39 is 0 Å². The minimum absolute atomic E-state index is 0.0146. The number of rotatable bonds is 4. The predicted molar refractivity (Wildman–Crippen MR) is 67.2 cm³/mol. The van der Waals surface area contributed by atoms with Gasteiger partial charge in [-0.2, -0.15) is 4.98 Å². The van der Waals surface area contributed by atoms with Gasteiger partial charge in [0.05, 0.1) is 13.5 Å². The first kappa shape index (κ1) is 13.5. The van der Waals surface area contributed by atoms with E-state index >= 15 is 0 Å². The maximum Gasteiger partial charge on any atom is 0.305 e. The summed E-state index contributed by atoms with van der Waals surface area (Å²) in [4.78, 5) is 15.2. The summed E-state index contributed by atoms with van der Waals surface area (Å²) in [7, 11) is 1.32. The quantitative estimate of drug-likeness (QED) is 0.808. The lowest BCUT2D eigenvalue weighted by Crippen LogP contribution is -2.02. The van der Waals surface area contributed by atoms with Crippen molar-refractivity contribution >= 4 is 17.6 Å². The Morgan fingerprint density at radius 3 is 2.74 bits per heavy atom. The molecule has 100 valence electrons. The Morgan fingerprint density at radius 2 is 2.11 bits per heavy atom. The van der Waals surface area contributed by atoms with E-state index in [1.54, 1.807) is 12.1 Å². The van der Waals surface area contributed by atoms with E-state index in [0.717, 1.165) is 0 Å². The average Bonchev–Trinajstić information content (AvgIpc) is 2.78. The summed E-state index contributed by atoms with van der Waals surface area (Å²) in [5.41, 5.74) is 1.19. The molecular weight excluding hydrogens is 273 g/mol. The van der Waals surface area contributed by atoms with Gasteiger partial charge in [0.2, 0.25) is 0 Å². The molecule has 0 unspecified atom stereocenters. The lowest BCUT2D eigenvalue weighted by Gasteiger charge is -2.01. The Kier molecular flexibility index (Phi) is 4.16. The number of hydrogen-bond donors (Lipinski definition) is 0. The number of aryl methyl sites for hydroxylation is 1. The van der Waals surface area contributed by atoms with Crippen LogP contribution in [0, 0.1) is 5.82 Å². The molecule has 0 N–H and O–H groups in total. The van der Waals surface area contributed by atoms with E-state index in [9.17, 15) is 9.18 Å². The third-order valence-electron chi connectivity index (χ3n) is 2.57. The minimum atomic E-state index is -0.349. The van der Waals surface area contributed by atoms with Crippen LogP contribution in [0.2, 0.25) is 5.35 Å².